The van der Waals surface area contributed by atoms with Gasteiger partial charge in [0.1, 0.15) is 5.82 Å². The van der Waals surface area contributed by atoms with Crippen LogP contribution in [0, 0.1) is 0 Å². The molecule has 0 aliphatic rings. The third-order valence-corrected chi connectivity index (χ3v) is 6.78. The van der Waals surface area contributed by atoms with Gasteiger partial charge in [0.2, 0.25) is 0 Å². The van der Waals surface area contributed by atoms with Gasteiger partial charge in [-0.3, -0.25) is 0 Å². The number of H-pyrrole nitrogens is 1. The predicted molar refractivity (Wildman–Crippen MR) is 137 cm³/mol. The molecule has 8 heteroatoms. The van der Waals surface area contributed by atoms with Crippen molar-refractivity contribution in [2.45, 2.75) is 38.8 Å². The minimum absolute atomic E-state index is 0.294. The van der Waals surface area contributed by atoms with Gasteiger partial charge in [-0.1, -0.05) is 29.5 Å². The number of aromatic amines is 1. The van der Waals surface area contributed by atoms with Gasteiger partial charge < -0.3 is 19.9 Å². The summed E-state index contributed by atoms with van der Waals surface area (Å²) in [4.78, 5) is 26.5. The zero-order chi connectivity index (χ0) is 23.9. The zero-order valence-electron chi connectivity index (χ0n) is 19.9. The van der Waals surface area contributed by atoms with Crippen molar-refractivity contribution in [3.8, 4) is 0 Å². The smallest absolute Gasteiger partial charge is 0.338 e. The molecule has 1 unspecified atom stereocenters. The molecule has 1 atom stereocenters. The Balaban J connectivity index is 1.39. The zero-order valence-corrected chi connectivity index (χ0v) is 20.7. The van der Waals surface area contributed by atoms with Crippen LogP contribution >= 0.6 is 11.3 Å². The van der Waals surface area contributed by atoms with Crippen LogP contribution in [-0.2, 0) is 24.1 Å². The minimum atomic E-state index is -0.294. The van der Waals surface area contributed by atoms with Gasteiger partial charge >= 0.3 is 5.97 Å². The largest absolute Gasteiger partial charge is 0.462 e. The van der Waals surface area contributed by atoms with Gasteiger partial charge in [0.15, 0.2) is 5.13 Å². The molecule has 178 valence electrons. The summed E-state index contributed by atoms with van der Waals surface area (Å²) >= 11 is 1.65. The van der Waals surface area contributed by atoms with E-state index in [4.69, 9.17) is 9.72 Å². The van der Waals surface area contributed by atoms with Crippen LogP contribution < -0.4 is 5.32 Å². The average Bonchev–Trinajstić information content (AvgIpc) is 3.50. The van der Waals surface area contributed by atoms with E-state index in [2.05, 4.69) is 52.5 Å². The van der Waals surface area contributed by atoms with E-state index < -0.39 is 0 Å². The van der Waals surface area contributed by atoms with Crippen LogP contribution in [0.4, 0.5) is 5.13 Å². The fourth-order valence-electron chi connectivity index (χ4n) is 3.92. The minimum Gasteiger partial charge on any atom is -0.462 e. The van der Waals surface area contributed by atoms with E-state index in [0.717, 1.165) is 41.3 Å². The first-order chi connectivity index (χ1) is 16.5. The molecular formula is C26H31N5O2S. The SMILES string of the molecule is CCOC(=O)c1cccc(CNc2nc3ccc(CC(CCc4ncc[nH]4)N(C)C)cc3s2)c1. The van der Waals surface area contributed by atoms with Gasteiger partial charge in [0.05, 0.1) is 22.4 Å². The number of likely N-dealkylation sites (N-methyl/N-ethyl adjacent to an activating group) is 1. The van der Waals surface area contributed by atoms with E-state index in [1.165, 1.54) is 10.3 Å². The number of aromatic nitrogens is 3. The Bertz CT molecular complexity index is 1220. The number of nitrogens with zero attached hydrogens (tertiary/aromatic N) is 3. The molecule has 2 aromatic carbocycles. The molecule has 4 aromatic rings. The van der Waals surface area contributed by atoms with E-state index in [0.29, 0.717) is 24.8 Å². The Morgan fingerprint density at radius 2 is 2.09 bits per heavy atom. The summed E-state index contributed by atoms with van der Waals surface area (Å²) in [5.74, 6) is 0.741. The van der Waals surface area contributed by atoms with E-state index in [1.54, 1.807) is 23.6 Å². The van der Waals surface area contributed by atoms with Crippen molar-refractivity contribution in [2.24, 2.45) is 0 Å². The standard InChI is InChI=1S/C26H31N5O2S/c1-4-33-25(32)20-7-5-6-19(14-20)17-29-26-30-22-10-8-18(16-23(22)34-26)15-21(31(2)3)9-11-24-27-12-13-28-24/h5-8,10,12-14,16,21H,4,9,11,15,17H2,1-3H3,(H,27,28)(H,29,30). The Labute approximate surface area is 204 Å². The first-order valence-corrected chi connectivity index (χ1v) is 12.4. The van der Waals surface area contributed by atoms with Crippen molar-refractivity contribution in [2.75, 3.05) is 26.0 Å². The summed E-state index contributed by atoms with van der Waals surface area (Å²) in [6.45, 7) is 2.77. The number of carbonyl (C=O) groups is 1. The lowest BCUT2D eigenvalue weighted by Crippen LogP contribution is -2.30. The van der Waals surface area contributed by atoms with Crippen LogP contribution in [0.3, 0.4) is 0 Å². The highest BCUT2D eigenvalue weighted by Gasteiger charge is 2.14. The third kappa shape index (κ3) is 6.21. The Kier molecular flexibility index (Phi) is 7.92. The monoisotopic (exact) mass is 477 g/mol. The Morgan fingerprint density at radius 3 is 2.85 bits per heavy atom. The van der Waals surface area contributed by atoms with Crippen LogP contribution in [0.5, 0.6) is 0 Å². The molecule has 4 rings (SSSR count). The lowest BCUT2D eigenvalue weighted by atomic mass is 10.0. The quantitative estimate of drug-likeness (QED) is 0.299. The molecule has 0 amide bonds. The van der Waals surface area contributed by atoms with Gasteiger partial charge in [-0.25, -0.2) is 14.8 Å². The van der Waals surface area contributed by atoms with E-state index in [9.17, 15) is 4.79 Å². The molecule has 0 radical (unpaired) electrons. The third-order valence-electron chi connectivity index (χ3n) is 5.81. The molecular weight excluding hydrogens is 446 g/mol. The molecule has 2 aromatic heterocycles. The number of hydrogen-bond acceptors (Lipinski definition) is 7. The second-order valence-electron chi connectivity index (χ2n) is 8.49. The molecule has 0 spiro atoms. The van der Waals surface area contributed by atoms with Crippen LogP contribution in [0.1, 0.15) is 40.7 Å². The molecule has 0 saturated carbocycles. The number of anilines is 1. The lowest BCUT2D eigenvalue weighted by Gasteiger charge is -2.24. The van der Waals surface area contributed by atoms with Gasteiger partial charge in [0.25, 0.3) is 0 Å². The van der Waals surface area contributed by atoms with Crippen molar-refractivity contribution in [3.05, 3.63) is 77.4 Å². The molecule has 2 heterocycles. The summed E-state index contributed by atoms with van der Waals surface area (Å²) in [6, 6.07) is 14.5. The number of aryl methyl sites for hydroxylation is 1. The number of rotatable bonds is 11. The number of imidazole rings is 1. The average molecular weight is 478 g/mol. The lowest BCUT2D eigenvalue weighted by molar-refractivity contribution is 0.0526. The molecule has 0 bridgehead atoms. The van der Waals surface area contributed by atoms with Crippen LogP contribution in [0.15, 0.2) is 54.9 Å². The normalized spacial score (nSPS) is 12.2. The summed E-state index contributed by atoms with van der Waals surface area (Å²) in [6.07, 6.45) is 6.63. The number of hydrogen-bond donors (Lipinski definition) is 2. The first kappa shape index (κ1) is 23.9. The number of nitrogens with one attached hydrogen (secondary N) is 2. The first-order valence-electron chi connectivity index (χ1n) is 11.6. The second kappa shape index (κ2) is 11.3. The highest BCUT2D eigenvalue weighted by Crippen LogP contribution is 2.28. The maximum atomic E-state index is 12.0. The van der Waals surface area contributed by atoms with Crippen LogP contribution in [0.2, 0.25) is 0 Å². The highest BCUT2D eigenvalue weighted by atomic mass is 32.1. The maximum absolute atomic E-state index is 12.0. The van der Waals surface area contributed by atoms with Crippen molar-refractivity contribution < 1.29 is 9.53 Å². The molecule has 0 saturated heterocycles. The number of ether oxygens (including phenoxy) is 1. The molecule has 7 nitrogen and oxygen atoms in total. The number of carbonyl (C=O) groups excluding carboxylic acids is 1. The van der Waals surface area contributed by atoms with Gasteiger partial charge in [-0.2, -0.15) is 0 Å². The fraction of sp³-hybridized carbons (Fsp3) is 0.346. The van der Waals surface area contributed by atoms with Gasteiger partial charge in [0, 0.05) is 31.4 Å². The van der Waals surface area contributed by atoms with E-state index in [-0.39, 0.29) is 5.97 Å². The number of fused-ring (bicyclic) bond motifs is 1. The number of thiazole rings is 1. The molecule has 34 heavy (non-hydrogen) atoms. The Morgan fingerprint density at radius 1 is 1.21 bits per heavy atom. The molecule has 0 aliphatic heterocycles. The molecule has 2 N–H and O–H groups in total. The Hall–Kier alpha value is -3.23. The van der Waals surface area contributed by atoms with Crippen molar-refractivity contribution >= 4 is 32.7 Å². The van der Waals surface area contributed by atoms with E-state index >= 15 is 0 Å². The number of benzene rings is 2. The highest BCUT2D eigenvalue weighted by molar-refractivity contribution is 7.22. The summed E-state index contributed by atoms with van der Waals surface area (Å²) in [5.41, 5.74) is 3.88. The van der Waals surface area contributed by atoms with Gasteiger partial charge in [-0.05, 0) is 69.3 Å². The van der Waals surface area contributed by atoms with Crippen LogP contribution in [0.25, 0.3) is 10.2 Å². The fourth-order valence-corrected chi connectivity index (χ4v) is 4.85. The number of esters is 1. The molecule has 0 aliphatic carbocycles. The topological polar surface area (TPSA) is 83.1 Å². The predicted octanol–water partition coefficient (Wildman–Crippen LogP) is 4.91. The summed E-state index contributed by atoms with van der Waals surface area (Å²) in [5, 5.41) is 4.27. The summed E-state index contributed by atoms with van der Waals surface area (Å²) < 4.78 is 6.27. The van der Waals surface area contributed by atoms with Crippen molar-refractivity contribution in [1.29, 1.82) is 0 Å². The van der Waals surface area contributed by atoms with Crippen molar-refractivity contribution in [3.63, 3.8) is 0 Å². The second-order valence-corrected chi connectivity index (χ2v) is 9.52. The van der Waals surface area contributed by atoms with E-state index in [1.807, 2.05) is 31.3 Å². The van der Waals surface area contributed by atoms with Crippen LogP contribution in [-0.4, -0.2) is 52.6 Å². The summed E-state index contributed by atoms with van der Waals surface area (Å²) in [7, 11) is 4.27. The van der Waals surface area contributed by atoms with Crippen molar-refractivity contribution in [1.82, 2.24) is 19.9 Å². The molecule has 0 fully saturated rings. The maximum Gasteiger partial charge on any atom is 0.338 e. The van der Waals surface area contributed by atoms with Gasteiger partial charge in [-0.15, -0.1) is 0 Å².